The summed E-state index contributed by atoms with van der Waals surface area (Å²) in [4.78, 5) is 23.4. The lowest BCUT2D eigenvalue weighted by atomic mass is 10.0. The first kappa shape index (κ1) is 21.9. The first-order valence-electron chi connectivity index (χ1n) is 6.83. The van der Waals surface area contributed by atoms with Crippen LogP contribution in [0.25, 0.3) is 0 Å². The third-order valence-electron chi connectivity index (χ3n) is 3.24. The van der Waals surface area contributed by atoms with Crippen molar-refractivity contribution in [3.05, 3.63) is 12.7 Å². The van der Waals surface area contributed by atoms with Gasteiger partial charge < -0.3 is 21.3 Å². The van der Waals surface area contributed by atoms with Crippen molar-refractivity contribution in [2.75, 3.05) is 20.1 Å². The zero-order valence-electron chi connectivity index (χ0n) is 13.4. The summed E-state index contributed by atoms with van der Waals surface area (Å²) < 4.78 is 0. The van der Waals surface area contributed by atoms with Crippen molar-refractivity contribution < 1.29 is 21.7 Å². The van der Waals surface area contributed by atoms with Crippen LogP contribution in [0, 0.1) is 11.8 Å². The molecule has 1 aliphatic heterocycles. The summed E-state index contributed by atoms with van der Waals surface area (Å²) >= 11 is 0. The smallest absolute Gasteiger partial charge is 0.245 e. The molecule has 1 saturated heterocycles. The van der Waals surface area contributed by atoms with E-state index >= 15 is 0 Å². The fraction of sp³-hybridized carbons (Fsp3) is 0.714. The van der Waals surface area contributed by atoms with Crippen LogP contribution in [0.15, 0.2) is 12.7 Å². The lowest BCUT2D eigenvalue weighted by Crippen LogP contribution is -2.44. The molecule has 0 radical (unpaired) electrons. The summed E-state index contributed by atoms with van der Waals surface area (Å²) in [7, 11) is 1.41. The van der Waals surface area contributed by atoms with E-state index in [0.717, 1.165) is 24.6 Å². The maximum Gasteiger partial charge on any atom is 0.245 e. The largest absolute Gasteiger partial charge is 0.412 e. The van der Waals surface area contributed by atoms with Crippen LogP contribution in [-0.4, -0.2) is 58.6 Å². The Morgan fingerprint density at radius 2 is 2.05 bits per heavy atom. The van der Waals surface area contributed by atoms with Gasteiger partial charge in [-0.1, -0.05) is 27.4 Å². The van der Waals surface area contributed by atoms with Gasteiger partial charge >= 0.3 is 0 Å². The number of amides is 2. The van der Waals surface area contributed by atoms with Crippen LogP contribution in [0.2, 0.25) is 0 Å². The molecule has 5 N–H and O–H groups in total. The van der Waals surface area contributed by atoms with Gasteiger partial charge in [-0.15, -0.1) is 0 Å². The van der Waals surface area contributed by atoms with Crippen LogP contribution < -0.4 is 5.73 Å². The third kappa shape index (κ3) is 7.79. The maximum absolute atomic E-state index is 11.0. The van der Waals surface area contributed by atoms with E-state index in [1.54, 1.807) is 0 Å². The molecule has 0 spiro atoms. The highest BCUT2D eigenvalue weighted by molar-refractivity contribution is 5.87. The molecule has 7 nitrogen and oxygen atoms in total. The molecule has 0 aliphatic carbocycles. The fourth-order valence-electron chi connectivity index (χ4n) is 2.21. The van der Waals surface area contributed by atoms with E-state index in [-0.39, 0.29) is 18.7 Å². The molecule has 7 heteroatoms. The Morgan fingerprint density at radius 1 is 1.52 bits per heavy atom. The molecule has 2 atom stereocenters. The Morgan fingerprint density at radius 3 is 2.24 bits per heavy atom. The van der Waals surface area contributed by atoms with Gasteiger partial charge in [0.25, 0.3) is 0 Å². The molecule has 1 rings (SSSR count). The van der Waals surface area contributed by atoms with Crippen molar-refractivity contribution in [2.24, 2.45) is 17.6 Å². The van der Waals surface area contributed by atoms with Crippen LogP contribution in [0.1, 0.15) is 28.6 Å². The van der Waals surface area contributed by atoms with Crippen molar-refractivity contribution in [2.45, 2.75) is 33.2 Å². The molecule has 2 amide bonds. The molecule has 0 aromatic rings. The second kappa shape index (κ2) is 10.3. The van der Waals surface area contributed by atoms with Crippen molar-refractivity contribution >= 4 is 11.8 Å². The monoisotopic (exact) mass is 305 g/mol. The van der Waals surface area contributed by atoms with Gasteiger partial charge in [0.05, 0.1) is 0 Å². The quantitative estimate of drug-likeness (QED) is 0.572. The minimum absolute atomic E-state index is 0. The maximum atomic E-state index is 11.0. The summed E-state index contributed by atoms with van der Waals surface area (Å²) in [6.07, 6.45) is 2.53. The van der Waals surface area contributed by atoms with Gasteiger partial charge in [0, 0.05) is 21.6 Å². The molecular formula is C14H31N3O4. The number of hydroxylamine groups is 2. The van der Waals surface area contributed by atoms with Gasteiger partial charge in [0.15, 0.2) is 0 Å². The first-order chi connectivity index (χ1) is 9.20. The molecule has 1 heterocycles. The Labute approximate surface area is 128 Å². The van der Waals surface area contributed by atoms with E-state index in [2.05, 4.69) is 13.5 Å². The van der Waals surface area contributed by atoms with Gasteiger partial charge in [0.2, 0.25) is 11.8 Å². The van der Waals surface area contributed by atoms with Gasteiger partial charge in [-0.3, -0.25) is 9.59 Å². The highest BCUT2D eigenvalue weighted by Gasteiger charge is 2.22. The van der Waals surface area contributed by atoms with Gasteiger partial charge in [0.1, 0.15) is 6.04 Å². The Hall–Kier alpha value is -1.44. The molecule has 0 saturated carbocycles. The molecular weight excluding hydrogens is 274 g/mol. The van der Waals surface area contributed by atoms with Gasteiger partial charge in [-0.05, 0) is 24.3 Å². The molecule has 0 aromatic heterocycles. The second-order valence-electron chi connectivity index (χ2n) is 5.55. The Bertz CT molecular complexity index is 343. The Balaban J connectivity index is -0.000000301. The van der Waals surface area contributed by atoms with Crippen LogP contribution in [0.4, 0.5) is 0 Å². The van der Waals surface area contributed by atoms with E-state index < -0.39 is 11.9 Å². The standard InChI is InChI=1S/C8H13NO.C6H14N2O2.H2O.H2/c1-3-8(10)9-5-4-7(2)6-9;1-4(2)5(6(7)9)8(3)10;;/h3,7H,1,4-6H2,2H3;4-5,10H,1-3H3,(H2,7,9);1H2;1H/t7-;5-;;/m00../s1. The third-order valence-corrected chi connectivity index (χ3v) is 3.24. The number of hydrogen-bond donors (Lipinski definition) is 2. The first-order valence-corrected chi connectivity index (χ1v) is 6.83. The average molecular weight is 305 g/mol. The van der Waals surface area contributed by atoms with Crippen molar-refractivity contribution in [3.63, 3.8) is 0 Å². The minimum Gasteiger partial charge on any atom is -0.412 e. The van der Waals surface area contributed by atoms with E-state index in [1.807, 2.05) is 18.7 Å². The zero-order chi connectivity index (χ0) is 15.9. The van der Waals surface area contributed by atoms with Crippen LogP contribution >= 0.6 is 0 Å². The number of nitrogens with two attached hydrogens (primary N) is 1. The van der Waals surface area contributed by atoms with Crippen LogP contribution in [0.3, 0.4) is 0 Å². The lowest BCUT2D eigenvalue weighted by molar-refractivity contribution is -0.149. The number of hydrogen-bond acceptors (Lipinski definition) is 4. The van der Waals surface area contributed by atoms with Crippen molar-refractivity contribution in [3.8, 4) is 0 Å². The van der Waals surface area contributed by atoms with E-state index in [4.69, 9.17) is 10.9 Å². The van der Waals surface area contributed by atoms with Gasteiger partial charge in [-0.25, -0.2) is 0 Å². The molecule has 0 unspecified atom stereocenters. The van der Waals surface area contributed by atoms with Crippen molar-refractivity contribution in [1.82, 2.24) is 9.96 Å². The number of carbonyl (C=O) groups excluding carboxylic acids is 2. The SMILES string of the molecule is C=CC(=O)N1CC[C@H](C)C1.CC(C)[C@@H](C(N)=O)N(C)O.O.[HH]. The topological polar surface area (TPSA) is 118 Å². The summed E-state index contributed by atoms with van der Waals surface area (Å²) in [5.41, 5.74) is 5.00. The van der Waals surface area contributed by atoms with Crippen LogP contribution in [0.5, 0.6) is 0 Å². The lowest BCUT2D eigenvalue weighted by Gasteiger charge is -2.22. The average Bonchev–Trinajstić information content (AvgIpc) is 2.74. The number of rotatable bonds is 4. The minimum atomic E-state index is -0.583. The predicted octanol–water partition coefficient (Wildman–Crippen LogP) is 0.279. The number of likely N-dealkylation sites (tertiary alicyclic amines) is 1. The number of nitrogens with zero attached hydrogens (tertiary/aromatic N) is 2. The van der Waals surface area contributed by atoms with Gasteiger partial charge in [-0.2, -0.15) is 5.06 Å². The van der Waals surface area contributed by atoms with E-state index in [1.165, 1.54) is 13.1 Å². The molecule has 126 valence electrons. The molecule has 0 aromatic carbocycles. The van der Waals surface area contributed by atoms with E-state index in [0.29, 0.717) is 5.92 Å². The molecule has 21 heavy (non-hydrogen) atoms. The number of primary amides is 1. The molecule has 1 fully saturated rings. The summed E-state index contributed by atoms with van der Waals surface area (Å²) in [5, 5.41) is 9.73. The molecule has 0 bridgehead atoms. The van der Waals surface area contributed by atoms with Crippen molar-refractivity contribution in [1.29, 1.82) is 0 Å². The normalized spacial score (nSPS) is 18.6. The number of likely N-dealkylation sites (N-methyl/N-ethyl adjacent to an activating group) is 1. The summed E-state index contributed by atoms with van der Waals surface area (Å²) in [5.74, 6) is 0.278. The second-order valence-corrected chi connectivity index (χ2v) is 5.55. The summed E-state index contributed by atoms with van der Waals surface area (Å²) in [6, 6.07) is -0.583. The zero-order valence-corrected chi connectivity index (χ0v) is 13.4. The Kier molecular flexibility index (Phi) is 10.7. The molecule has 1 aliphatic rings. The fourth-order valence-corrected chi connectivity index (χ4v) is 2.21. The summed E-state index contributed by atoms with van der Waals surface area (Å²) in [6.45, 7) is 11.1. The predicted molar refractivity (Wildman–Crippen MR) is 83.7 cm³/mol. The van der Waals surface area contributed by atoms with Crippen LogP contribution in [-0.2, 0) is 9.59 Å². The number of carbonyl (C=O) groups is 2. The highest BCUT2D eigenvalue weighted by atomic mass is 16.5. The highest BCUT2D eigenvalue weighted by Crippen LogP contribution is 2.14. The van der Waals surface area contributed by atoms with E-state index in [9.17, 15) is 9.59 Å².